The fourth-order valence-corrected chi connectivity index (χ4v) is 5.04. The lowest BCUT2D eigenvalue weighted by Gasteiger charge is -2.26. The number of para-hydroxylation sites is 1. The quantitative estimate of drug-likeness (QED) is 0.266. The van der Waals surface area contributed by atoms with E-state index in [-0.39, 0.29) is 29.4 Å². The number of aromatic hydroxyl groups is 1. The van der Waals surface area contributed by atoms with E-state index in [9.17, 15) is 19.8 Å². The van der Waals surface area contributed by atoms with Crippen LogP contribution in [0.2, 0.25) is 0 Å². The van der Waals surface area contributed by atoms with Gasteiger partial charge in [-0.2, -0.15) is 0 Å². The number of phenols is 1. The molecule has 3 aromatic rings. The number of fused-ring (bicyclic) bond motifs is 1. The molecule has 1 atom stereocenters. The summed E-state index contributed by atoms with van der Waals surface area (Å²) in [5, 5.41) is 21.8. The predicted molar refractivity (Wildman–Crippen MR) is 140 cm³/mol. The fraction of sp³-hybridized carbons (Fsp3) is 0.267. The highest BCUT2D eigenvalue weighted by Gasteiger charge is 2.46. The summed E-state index contributed by atoms with van der Waals surface area (Å²) in [7, 11) is 1.54. The van der Waals surface area contributed by atoms with Crippen LogP contribution in [-0.2, 0) is 22.6 Å². The number of aryl methyl sites for hydroxylation is 1. The third kappa shape index (κ3) is 4.53. The zero-order valence-electron chi connectivity index (χ0n) is 21.3. The van der Waals surface area contributed by atoms with Gasteiger partial charge in [0.1, 0.15) is 17.3 Å². The molecule has 38 heavy (non-hydrogen) atoms. The van der Waals surface area contributed by atoms with Gasteiger partial charge in [0, 0.05) is 11.1 Å². The van der Waals surface area contributed by atoms with Crippen molar-refractivity contribution < 1.29 is 34.0 Å². The molecule has 8 nitrogen and oxygen atoms in total. The van der Waals surface area contributed by atoms with E-state index >= 15 is 0 Å². The minimum atomic E-state index is -0.924. The maximum Gasteiger partial charge on any atom is 0.295 e. The van der Waals surface area contributed by atoms with Gasteiger partial charge in [-0.05, 0) is 67.3 Å². The summed E-state index contributed by atoms with van der Waals surface area (Å²) in [6.07, 6.45) is 1.64. The Morgan fingerprint density at radius 3 is 2.68 bits per heavy atom. The number of aliphatic hydroxyl groups excluding tert-OH is 1. The minimum absolute atomic E-state index is 0.0327. The van der Waals surface area contributed by atoms with Crippen LogP contribution in [0.15, 0.2) is 66.2 Å². The first-order valence-corrected chi connectivity index (χ1v) is 12.5. The summed E-state index contributed by atoms with van der Waals surface area (Å²) in [5.74, 6) is -0.317. The summed E-state index contributed by atoms with van der Waals surface area (Å²) in [4.78, 5) is 28.3. The molecule has 1 saturated heterocycles. The zero-order chi connectivity index (χ0) is 26.8. The number of likely N-dealkylation sites (tertiary alicyclic amines) is 1. The van der Waals surface area contributed by atoms with E-state index in [0.717, 1.165) is 24.2 Å². The maximum atomic E-state index is 13.5. The van der Waals surface area contributed by atoms with E-state index in [1.807, 2.05) is 18.2 Å². The summed E-state index contributed by atoms with van der Waals surface area (Å²) in [6, 6.07) is 16.3. The molecule has 8 heteroatoms. The molecule has 196 valence electrons. The maximum absolute atomic E-state index is 13.5. The van der Waals surface area contributed by atoms with E-state index in [2.05, 4.69) is 0 Å². The van der Waals surface area contributed by atoms with Crippen molar-refractivity contribution in [2.24, 2.45) is 0 Å². The number of carbonyl (C=O) groups is 2. The molecule has 0 aromatic heterocycles. The number of benzene rings is 3. The van der Waals surface area contributed by atoms with Crippen LogP contribution in [-0.4, -0.2) is 47.1 Å². The number of methoxy groups -OCH3 is 1. The molecule has 0 bridgehead atoms. The first-order chi connectivity index (χ1) is 18.4. The summed E-state index contributed by atoms with van der Waals surface area (Å²) < 4.78 is 16.7. The Balaban J connectivity index is 1.66. The van der Waals surface area contributed by atoms with Crippen molar-refractivity contribution in [1.82, 2.24) is 4.90 Å². The lowest BCUT2D eigenvalue weighted by atomic mass is 9.93. The average Bonchev–Trinajstić information content (AvgIpc) is 3.19. The Kier molecular flexibility index (Phi) is 6.96. The monoisotopic (exact) mass is 515 g/mol. The molecular formula is C30H29NO7. The highest BCUT2D eigenvalue weighted by molar-refractivity contribution is 6.46. The summed E-state index contributed by atoms with van der Waals surface area (Å²) in [5.41, 5.74) is 2.55. The lowest BCUT2D eigenvalue weighted by molar-refractivity contribution is -0.140. The molecule has 5 rings (SSSR count). The molecular weight excluding hydrogens is 486 g/mol. The van der Waals surface area contributed by atoms with Gasteiger partial charge in [0.25, 0.3) is 11.7 Å². The highest BCUT2D eigenvalue weighted by Crippen LogP contribution is 2.43. The second-order valence-corrected chi connectivity index (χ2v) is 9.17. The molecule has 1 fully saturated rings. The number of ketones is 1. The number of ether oxygens (including phenoxy) is 3. The smallest absolute Gasteiger partial charge is 0.295 e. The highest BCUT2D eigenvalue weighted by atomic mass is 16.5. The van der Waals surface area contributed by atoms with Gasteiger partial charge < -0.3 is 29.3 Å². The van der Waals surface area contributed by atoms with Crippen LogP contribution in [0.25, 0.3) is 5.76 Å². The molecule has 0 radical (unpaired) electrons. The fourth-order valence-electron chi connectivity index (χ4n) is 5.04. The van der Waals surface area contributed by atoms with Crippen molar-refractivity contribution >= 4 is 17.4 Å². The van der Waals surface area contributed by atoms with Crippen LogP contribution in [0.1, 0.15) is 41.6 Å². The van der Waals surface area contributed by atoms with Crippen molar-refractivity contribution in [1.29, 1.82) is 0 Å². The Morgan fingerprint density at radius 2 is 1.89 bits per heavy atom. The van der Waals surface area contributed by atoms with Gasteiger partial charge in [0.2, 0.25) is 0 Å². The van der Waals surface area contributed by atoms with E-state index < -0.39 is 17.7 Å². The molecule has 1 unspecified atom stereocenters. The first kappa shape index (κ1) is 25.2. The number of rotatable bonds is 7. The SMILES string of the molecule is CCOc1cc(C2/C(=C(\O)c3ccc4c(c3)CCCO4)C(=O)C(=O)N2Cc2ccccc2OC)ccc1O. The third-order valence-corrected chi connectivity index (χ3v) is 6.85. The summed E-state index contributed by atoms with van der Waals surface area (Å²) in [6.45, 7) is 2.81. The predicted octanol–water partition coefficient (Wildman–Crippen LogP) is 4.75. The van der Waals surface area contributed by atoms with Gasteiger partial charge >= 0.3 is 0 Å². The Labute approximate surface area is 220 Å². The molecule has 0 aliphatic carbocycles. The molecule has 0 saturated carbocycles. The number of nitrogens with zero attached hydrogens (tertiary/aromatic N) is 1. The second kappa shape index (κ2) is 10.5. The molecule has 3 aromatic carbocycles. The Hall–Kier alpha value is -4.46. The third-order valence-electron chi connectivity index (χ3n) is 6.85. The van der Waals surface area contributed by atoms with E-state index in [4.69, 9.17) is 14.2 Å². The van der Waals surface area contributed by atoms with E-state index in [1.165, 1.54) is 11.0 Å². The Morgan fingerprint density at radius 1 is 1.08 bits per heavy atom. The first-order valence-electron chi connectivity index (χ1n) is 12.5. The van der Waals surface area contributed by atoms with E-state index in [1.54, 1.807) is 50.4 Å². The number of amides is 1. The van der Waals surface area contributed by atoms with Crippen molar-refractivity contribution in [3.8, 4) is 23.0 Å². The number of phenolic OH excluding ortho intramolecular Hbond substituents is 1. The number of Topliss-reactive ketones (excluding diaryl/α,β-unsaturated/α-hetero) is 1. The van der Waals surface area contributed by atoms with Gasteiger partial charge in [-0.3, -0.25) is 9.59 Å². The number of carbonyl (C=O) groups excluding carboxylic acids is 2. The molecule has 2 aliphatic heterocycles. The van der Waals surface area contributed by atoms with Gasteiger partial charge in [0.15, 0.2) is 11.5 Å². The van der Waals surface area contributed by atoms with Crippen molar-refractivity contribution in [2.45, 2.75) is 32.4 Å². The van der Waals surface area contributed by atoms with Crippen LogP contribution in [0.3, 0.4) is 0 Å². The minimum Gasteiger partial charge on any atom is -0.507 e. The number of hydrogen-bond acceptors (Lipinski definition) is 7. The zero-order valence-corrected chi connectivity index (χ0v) is 21.3. The summed E-state index contributed by atoms with van der Waals surface area (Å²) >= 11 is 0. The standard InChI is InChI=1S/C30H29NO7/c1-3-37-25-16-19(10-12-22(25)32)27-26(28(33)20-11-13-24-18(15-20)8-6-14-38-24)29(34)30(35)31(27)17-21-7-4-5-9-23(21)36-2/h4-5,7,9-13,15-16,27,32-33H,3,6,8,14,17H2,1-2H3/b28-26+. The molecule has 0 spiro atoms. The number of hydrogen-bond donors (Lipinski definition) is 2. The van der Waals surface area contributed by atoms with Crippen molar-refractivity contribution in [2.75, 3.05) is 20.3 Å². The lowest BCUT2D eigenvalue weighted by Crippen LogP contribution is -2.29. The normalized spacial score (nSPS) is 18.2. The second-order valence-electron chi connectivity index (χ2n) is 9.17. The van der Waals surface area contributed by atoms with Crippen LogP contribution in [0, 0.1) is 0 Å². The molecule has 2 N–H and O–H groups in total. The molecule has 1 amide bonds. The van der Waals surface area contributed by atoms with Crippen LogP contribution in [0.5, 0.6) is 23.0 Å². The van der Waals surface area contributed by atoms with Gasteiger partial charge in [-0.15, -0.1) is 0 Å². The molecule has 2 heterocycles. The van der Waals surface area contributed by atoms with Gasteiger partial charge in [-0.1, -0.05) is 24.3 Å². The van der Waals surface area contributed by atoms with Crippen LogP contribution >= 0.6 is 0 Å². The van der Waals surface area contributed by atoms with Gasteiger partial charge in [-0.25, -0.2) is 0 Å². The van der Waals surface area contributed by atoms with Gasteiger partial charge in [0.05, 0.1) is 38.5 Å². The van der Waals surface area contributed by atoms with Crippen LogP contribution in [0.4, 0.5) is 0 Å². The molecule has 2 aliphatic rings. The Bertz CT molecular complexity index is 1430. The number of aliphatic hydroxyl groups is 1. The van der Waals surface area contributed by atoms with E-state index in [0.29, 0.717) is 35.7 Å². The largest absolute Gasteiger partial charge is 0.507 e. The van der Waals surface area contributed by atoms with Crippen LogP contribution < -0.4 is 14.2 Å². The van der Waals surface area contributed by atoms with Crippen molar-refractivity contribution in [3.63, 3.8) is 0 Å². The topological polar surface area (TPSA) is 106 Å². The average molecular weight is 516 g/mol. The van der Waals surface area contributed by atoms with Crippen molar-refractivity contribution in [3.05, 3.63) is 88.5 Å².